The number of carbonyl (C=O) groups is 1. The maximum Gasteiger partial charge on any atom is 0.410 e. The van der Waals surface area contributed by atoms with Crippen LogP contribution < -0.4 is 10.6 Å². The molecular formula is C20H38IN5O3. The van der Waals surface area contributed by atoms with E-state index < -0.39 is 5.60 Å². The average Bonchev–Trinajstić information content (AvgIpc) is 3.02. The molecule has 1 atom stereocenters. The summed E-state index contributed by atoms with van der Waals surface area (Å²) in [5, 5.41) is 6.45. The van der Waals surface area contributed by atoms with Crippen LogP contribution in [-0.4, -0.2) is 54.7 Å². The number of oxazole rings is 1. The van der Waals surface area contributed by atoms with E-state index in [1.165, 1.54) is 0 Å². The fourth-order valence-corrected chi connectivity index (χ4v) is 2.34. The summed E-state index contributed by atoms with van der Waals surface area (Å²) in [5.41, 5.74) is -0.563. The monoisotopic (exact) mass is 523 g/mol. The van der Waals surface area contributed by atoms with Crippen molar-refractivity contribution in [1.29, 1.82) is 0 Å². The van der Waals surface area contributed by atoms with Crippen LogP contribution in [0.4, 0.5) is 4.79 Å². The van der Waals surface area contributed by atoms with Crippen molar-refractivity contribution in [2.75, 3.05) is 27.2 Å². The zero-order valence-corrected chi connectivity index (χ0v) is 21.6. The molecular weight excluding hydrogens is 485 g/mol. The van der Waals surface area contributed by atoms with Crippen LogP contribution in [0, 0.1) is 5.92 Å². The smallest absolute Gasteiger partial charge is 0.410 e. The second kappa shape index (κ2) is 11.6. The van der Waals surface area contributed by atoms with E-state index in [0.717, 1.165) is 5.76 Å². The number of ether oxygens (including phenoxy) is 1. The summed E-state index contributed by atoms with van der Waals surface area (Å²) in [6.07, 6.45) is 1.45. The molecule has 2 N–H and O–H groups in total. The molecule has 0 spiro atoms. The second-order valence-electron chi connectivity index (χ2n) is 9.14. The molecule has 1 amide bonds. The molecule has 0 bridgehead atoms. The summed E-state index contributed by atoms with van der Waals surface area (Å²) in [6, 6.07) is 0. The van der Waals surface area contributed by atoms with E-state index in [4.69, 9.17) is 9.15 Å². The molecule has 9 heteroatoms. The maximum absolute atomic E-state index is 12.1. The molecule has 1 heterocycles. The number of aliphatic imine (C=N–C) groups is 1. The van der Waals surface area contributed by atoms with Crippen molar-refractivity contribution in [3.63, 3.8) is 0 Å². The summed E-state index contributed by atoms with van der Waals surface area (Å²) in [5.74, 6) is 2.34. The first-order valence-corrected chi connectivity index (χ1v) is 9.65. The van der Waals surface area contributed by atoms with Gasteiger partial charge in [0.05, 0.1) is 12.7 Å². The number of halogens is 1. The van der Waals surface area contributed by atoms with Crippen LogP contribution >= 0.6 is 24.0 Å². The minimum atomic E-state index is -0.495. The summed E-state index contributed by atoms with van der Waals surface area (Å²) in [7, 11) is 3.45. The summed E-state index contributed by atoms with van der Waals surface area (Å²) < 4.78 is 11.1. The molecule has 0 radical (unpaired) electrons. The van der Waals surface area contributed by atoms with Crippen LogP contribution in [0.25, 0.3) is 0 Å². The predicted molar refractivity (Wildman–Crippen MR) is 127 cm³/mol. The number of hydrogen-bond acceptors (Lipinski definition) is 5. The number of aromatic nitrogens is 1. The van der Waals surface area contributed by atoms with Crippen molar-refractivity contribution in [3.8, 4) is 0 Å². The lowest BCUT2D eigenvalue weighted by Crippen LogP contribution is -2.42. The van der Waals surface area contributed by atoms with E-state index in [1.807, 2.05) is 20.8 Å². The van der Waals surface area contributed by atoms with Gasteiger partial charge in [-0.2, -0.15) is 0 Å². The second-order valence-corrected chi connectivity index (χ2v) is 9.14. The zero-order valence-electron chi connectivity index (χ0n) is 19.3. The summed E-state index contributed by atoms with van der Waals surface area (Å²) in [6.45, 7) is 15.6. The highest BCUT2D eigenvalue weighted by Crippen LogP contribution is 2.22. The van der Waals surface area contributed by atoms with Gasteiger partial charge < -0.3 is 24.7 Å². The average molecular weight is 523 g/mol. The van der Waals surface area contributed by atoms with Gasteiger partial charge in [0, 0.05) is 32.6 Å². The van der Waals surface area contributed by atoms with Crippen molar-refractivity contribution in [1.82, 2.24) is 20.5 Å². The van der Waals surface area contributed by atoms with E-state index in [0.29, 0.717) is 31.5 Å². The Morgan fingerprint density at radius 3 is 2.38 bits per heavy atom. The Kier molecular flexibility index (Phi) is 11.0. The van der Waals surface area contributed by atoms with Gasteiger partial charge in [-0.05, 0) is 26.7 Å². The van der Waals surface area contributed by atoms with E-state index in [1.54, 1.807) is 25.2 Å². The molecule has 0 aliphatic carbocycles. The fourth-order valence-electron chi connectivity index (χ4n) is 2.34. The van der Waals surface area contributed by atoms with Gasteiger partial charge in [-0.25, -0.2) is 9.78 Å². The Bertz CT molecular complexity index is 662. The van der Waals surface area contributed by atoms with Crippen LogP contribution in [0.15, 0.2) is 15.6 Å². The van der Waals surface area contributed by atoms with E-state index >= 15 is 0 Å². The summed E-state index contributed by atoms with van der Waals surface area (Å²) in [4.78, 5) is 22.2. The van der Waals surface area contributed by atoms with Gasteiger partial charge in [0.2, 0.25) is 5.89 Å². The Morgan fingerprint density at radius 1 is 1.28 bits per heavy atom. The highest BCUT2D eigenvalue weighted by atomic mass is 127. The van der Waals surface area contributed by atoms with Gasteiger partial charge >= 0.3 is 6.09 Å². The number of guanidine groups is 1. The van der Waals surface area contributed by atoms with Crippen LogP contribution in [0.1, 0.15) is 60.1 Å². The molecule has 0 aliphatic heterocycles. The van der Waals surface area contributed by atoms with Gasteiger partial charge in [0.25, 0.3) is 0 Å². The molecule has 1 aromatic rings. The van der Waals surface area contributed by atoms with Gasteiger partial charge in [0.1, 0.15) is 11.4 Å². The van der Waals surface area contributed by atoms with Gasteiger partial charge in [-0.1, -0.05) is 27.7 Å². The van der Waals surface area contributed by atoms with Crippen LogP contribution in [0.2, 0.25) is 0 Å². The minimum Gasteiger partial charge on any atom is -0.444 e. The first-order chi connectivity index (χ1) is 12.8. The molecule has 1 rings (SSSR count). The van der Waals surface area contributed by atoms with Crippen molar-refractivity contribution >= 4 is 36.0 Å². The topological polar surface area (TPSA) is 92.0 Å². The SMILES string of the molecule is CN=C(NCc1ncc(C(C)(C)C)o1)NCC(C)CN(C)C(=O)OC(C)(C)C.I. The van der Waals surface area contributed by atoms with E-state index in [9.17, 15) is 4.79 Å². The van der Waals surface area contributed by atoms with Crippen molar-refractivity contribution in [2.45, 2.75) is 66.0 Å². The Hall–Kier alpha value is -1.52. The highest BCUT2D eigenvalue weighted by Gasteiger charge is 2.21. The first-order valence-electron chi connectivity index (χ1n) is 9.65. The molecule has 0 aromatic carbocycles. The third-order valence-corrected chi connectivity index (χ3v) is 3.83. The van der Waals surface area contributed by atoms with E-state index in [-0.39, 0.29) is 41.4 Å². The molecule has 0 fully saturated rings. The van der Waals surface area contributed by atoms with Crippen LogP contribution in [-0.2, 0) is 16.7 Å². The molecule has 168 valence electrons. The summed E-state index contributed by atoms with van der Waals surface area (Å²) >= 11 is 0. The maximum atomic E-state index is 12.1. The standard InChI is InChI=1S/C20H37N5O3.HI/c1-14(13-25(9)18(26)28-20(5,6)7)10-23-17(21-8)24-12-16-22-11-15(27-16)19(2,3)4;/h11,14H,10,12-13H2,1-9H3,(H2,21,23,24);1H. The number of rotatable bonds is 6. The molecule has 1 aromatic heterocycles. The molecule has 1 unspecified atom stereocenters. The van der Waals surface area contributed by atoms with E-state index in [2.05, 4.69) is 48.3 Å². The van der Waals surface area contributed by atoms with Crippen LogP contribution in [0.5, 0.6) is 0 Å². The third-order valence-electron chi connectivity index (χ3n) is 3.83. The number of hydrogen-bond donors (Lipinski definition) is 2. The highest BCUT2D eigenvalue weighted by molar-refractivity contribution is 14.0. The van der Waals surface area contributed by atoms with Crippen molar-refractivity contribution < 1.29 is 13.9 Å². The Morgan fingerprint density at radius 2 is 1.90 bits per heavy atom. The quantitative estimate of drug-likeness (QED) is 0.335. The number of nitrogens with zero attached hydrogens (tertiary/aromatic N) is 3. The predicted octanol–water partition coefficient (Wildman–Crippen LogP) is 3.76. The molecule has 8 nitrogen and oxygen atoms in total. The third kappa shape index (κ3) is 10.7. The van der Waals surface area contributed by atoms with Gasteiger partial charge in [-0.3, -0.25) is 4.99 Å². The molecule has 0 saturated heterocycles. The largest absolute Gasteiger partial charge is 0.444 e. The number of nitrogens with one attached hydrogen (secondary N) is 2. The minimum absolute atomic E-state index is 0. The molecule has 0 aliphatic rings. The van der Waals surface area contributed by atoms with Gasteiger partial charge in [-0.15, -0.1) is 24.0 Å². The normalized spacial score (nSPS) is 13.3. The molecule has 0 saturated carbocycles. The Labute approximate surface area is 192 Å². The van der Waals surface area contributed by atoms with Crippen molar-refractivity contribution in [2.24, 2.45) is 10.9 Å². The fraction of sp³-hybridized carbons (Fsp3) is 0.750. The van der Waals surface area contributed by atoms with Crippen LogP contribution in [0.3, 0.4) is 0 Å². The molecule has 29 heavy (non-hydrogen) atoms. The lowest BCUT2D eigenvalue weighted by Gasteiger charge is -2.26. The lowest BCUT2D eigenvalue weighted by atomic mass is 9.94. The van der Waals surface area contributed by atoms with Crippen molar-refractivity contribution in [3.05, 3.63) is 17.8 Å². The zero-order chi connectivity index (χ0) is 21.5. The Balaban J connectivity index is 0.00000784. The van der Waals surface area contributed by atoms with Gasteiger partial charge in [0.15, 0.2) is 5.96 Å². The number of amides is 1. The first kappa shape index (κ1) is 27.5. The number of carbonyl (C=O) groups excluding carboxylic acids is 1. The lowest BCUT2D eigenvalue weighted by molar-refractivity contribution is 0.0278.